The Balaban J connectivity index is 2.11. The lowest BCUT2D eigenvalue weighted by Crippen LogP contribution is -2.05. The predicted octanol–water partition coefficient (Wildman–Crippen LogP) is 1.71. The van der Waals surface area contributed by atoms with Gasteiger partial charge in [-0.2, -0.15) is 5.10 Å². The molecule has 92 valence electrons. The number of aryl methyl sites for hydroxylation is 2. The van der Waals surface area contributed by atoms with Gasteiger partial charge in [0.15, 0.2) is 0 Å². The van der Waals surface area contributed by atoms with E-state index in [0.717, 1.165) is 22.3 Å². The first-order chi connectivity index (χ1) is 8.65. The molecule has 0 aliphatic heterocycles. The van der Waals surface area contributed by atoms with Crippen LogP contribution in [0.3, 0.4) is 0 Å². The van der Waals surface area contributed by atoms with Crippen LogP contribution in [0.1, 0.15) is 11.3 Å². The van der Waals surface area contributed by atoms with Crippen molar-refractivity contribution in [2.75, 3.05) is 5.73 Å². The smallest absolute Gasteiger partial charge is 0.201 e. The van der Waals surface area contributed by atoms with E-state index in [1.54, 1.807) is 4.68 Å². The lowest BCUT2D eigenvalue weighted by atomic mass is 10.2. The Labute approximate surface area is 105 Å². The van der Waals surface area contributed by atoms with E-state index in [2.05, 4.69) is 10.1 Å². The fraction of sp³-hybridized carbons (Fsp3) is 0.231. The van der Waals surface area contributed by atoms with Crippen LogP contribution in [0.4, 0.5) is 5.95 Å². The molecule has 0 saturated heterocycles. The lowest BCUT2D eigenvalue weighted by molar-refractivity contribution is 0.717. The lowest BCUT2D eigenvalue weighted by Gasteiger charge is -2.04. The maximum Gasteiger partial charge on any atom is 0.201 e. The van der Waals surface area contributed by atoms with Crippen LogP contribution in [0.5, 0.6) is 0 Å². The quantitative estimate of drug-likeness (QED) is 0.743. The third-order valence-electron chi connectivity index (χ3n) is 3.10. The van der Waals surface area contributed by atoms with Gasteiger partial charge in [-0.15, -0.1) is 0 Å². The highest BCUT2D eigenvalue weighted by Crippen LogP contribution is 2.21. The largest absolute Gasteiger partial charge is 0.369 e. The number of rotatable bonds is 2. The standard InChI is InChI=1S/C13H15N5/c1-9-4-3-5-11-12(9)15-13(14)18(11)8-10-6-7-17(2)16-10/h3-7H,8H2,1-2H3,(H2,14,15). The van der Waals surface area contributed by atoms with Gasteiger partial charge in [-0.3, -0.25) is 4.68 Å². The fourth-order valence-electron chi connectivity index (χ4n) is 2.18. The normalized spacial score (nSPS) is 11.2. The zero-order valence-electron chi connectivity index (χ0n) is 10.5. The molecule has 0 spiro atoms. The molecular weight excluding hydrogens is 226 g/mol. The van der Waals surface area contributed by atoms with Crippen molar-refractivity contribution in [1.82, 2.24) is 19.3 Å². The fourth-order valence-corrected chi connectivity index (χ4v) is 2.18. The number of aromatic nitrogens is 4. The summed E-state index contributed by atoms with van der Waals surface area (Å²) in [5.41, 5.74) is 10.1. The molecular formula is C13H15N5. The van der Waals surface area contributed by atoms with Crippen molar-refractivity contribution in [2.45, 2.75) is 13.5 Å². The van der Waals surface area contributed by atoms with Gasteiger partial charge in [-0.25, -0.2) is 4.98 Å². The van der Waals surface area contributed by atoms with E-state index < -0.39 is 0 Å². The van der Waals surface area contributed by atoms with Crippen molar-refractivity contribution < 1.29 is 0 Å². The number of benzene rings is 1. The second kappa shape index (κ2) is 3.87. The first-order valence-corrected chi connectivity index (χ1v) is 5.85. The zero-order valence-corrected chi connectivity index (χ0v) is 10.5. The van der Waals surface area contributed by atoms with Gasteiger partial charge in [0.1, 0.15) is 0 Å². The SMILES string of the molecule is Cc1cccc2c1nc(N)n2Cc1ccn(C)n1. The first-order valence-electron chi connectivity index (χ1n) is 5.85. The highest BCUT2D eigenvalue weighted by atomic mass is 15.3. The van der Waals surface area contributed by atoms with Crippen molar-refractivity contribution in [3.63, 3.8) is 0 Å². The predicted molar refractivity (Wildman–Crippen MR) is 71.2 cm³/mol. The summed E-state index contributed by atoms with van der Waals surface area (Å²) in [6, 6.07) is 8.09. The maximum absolute atomic E-state index is 5.99. The Hall–Kier alpha value is -2.30. The van der Waals surface area contributed by atoms with Gasteiger partial charge in [-0.1, -0.05) is 12.1 Å². The van der Waals surface area contributed by atoms with E-state index >= 15 is 0 Å². The molecule has 0 amide bonds. The average molecular weight is 241 g/mol. The van der Waals surface area contributed by atoms with Gasteiger partial charge in [0, 0.05) is 13.2 Å². The number of nitrogens with two attached hydrogens (primary N) is 1. The third-order valence-corrected chi connectivity index (χ3v) is 3.10. The summed E-state index contributed by atoms with van der Waals surface area (Å²) in [4.78, 5) is 4.42. The number of imidazole rings is 1. The molecule has 0 radical (unpaired) electrons. The van der Waals surface area contributed by atoms with Crippen molar-refractivity contribution in [3.8, 4) is 0 Å². The van der Waals surface area contributed by atoms with Crippen LogP contribution in [0, 0.1) is 6.92 Å². The Morgan fingerprint density at radius 3 is 2.83 bits per heavy atom. The minimum absolute atomic E-state index is 0.532. The van der Waals surface area contributed by atoms with Gasteiger partial charge in [0.25, 0.3) is 0 Å². The highest BCUT2D eigenvalue weighted by Gasteiger charge is 2.10. The zero-order chi connectivity index (χ0) is 12.7. The van der Waals surface area contributed by atoms with Crippen molar-refractivity contribution in [2.24, 2.45) is 7.05 Å². The number of nitrogen functional groups attached to an aromatic ring is 1. The number of hydrogen-bond acceptors (Lipinski definition) is 3. The summed E-state index contributed by atoms with van der Waals surface area (Å²) in [6.07, 6.45) is 1.93. The summed E-state index contributed by atoms with van der Waals surface area (Å²) in [5, 5.41) is 4.37. The van der Waals surface area contributed by atoms with Crippen LogP contribution in [-0.2, 0) is 13.6 Å². The molecule has 0 unspecified atom stereocenters. The molecule has 2 N–H and O–H groups in total. The average Bonchev–Trinajstić information content (AvgIpc) is 2.87. The topological polar surface area (TPSA) is 61.7 Å². The van der Waals surface area contributed by atoms with Crippen molar-refractivity contribution in [3.05, 3.63) is 41.7 Å². The van der Waals surface area contributed by atoms with E-state index in [9.17, 15) is 0 Å². The molecule has 0 bridgehead atoms. The summed E-state index contributed by atoms with van der Waals surface area (Å²) in [5.74, 6) is 0.532. The summed E-state index contributed by atoms with van der Waals surface area (Å²) >= 11 is 0. The third kappa shape index (κ3) is 1.64. The van der Waals surface area contributed by atoms with Gasteiger partial charge >= 0.3 is 0 Å². The van der Waals surface area contributed by atoms with Gasteiger partial charge in [0.05, 0.1) is 23.3 Å². The Bertz CT molecular complexity index is 707. The van der Waals surface area contributed by atoms with Crippen LogP contribution in [0.2, 0.25) is 0 Å². The van der Waals surface area contributed by atoms with Crippen LogP contribution in [0.15, 0.2) is 30.5 Å². The molecule has 3 rings (SSSR count). The van der Waals surface area contributed by atoms with Gasteiger partial charge in [-0.05, 0) is 24.6 Å². The molecule has 2 aromatic heterocycles. The number of fused-ring (bicyclic) bond motifs is 1. The highest BCUT2D eigenvalue weighted by molar-refractivity contribution is 5.81. The Morgan fingerprint density at radius 1 is 1.28 bits per heavy atom. The molecule has 5 heteroatoms. The minimum Gasteiger partial charge on any atom is -0.369 e. The van der Waals surface area contributed by atoms with Crippen molar-refractivity contribution >= 4 is 17.0 Å². The summed E-state index contributed by atoms with van der Waals surface area (Å²) in [7, 11) is 1.91. The van der Waals surface area contributed by atoms with Gasteiger partial charge in [0.2, 0.25) is 5.95 Å². The molecule has 0 saturated carbocycles. The molecule has 0 atom stereocenters. The van der Waals surface area contributed by atoms with Crippen LogP contribution >= 0.6 is 0 Å². The number of nitrogens with zero attached hydrogens (tertiary/aromatic N) is 4. The second-order valence-electron chi connectivity index (χ2n) is 4.48. The molecule has 0 aliphatic carbocycles. The van der Waals surface area contributed by atoms with Crippen molar-refractivity contribution in [1.29, 1.82) is 0 Å². The molecule has 1 aromatic carbocycles. The van der Waals surface area contributed by atoms with Gasteiger partial charge < -0.3 is 10.3 Å². The molecule has 5 nitrogen and oxygen atoms in total. The van der Waals surface area contributed by atoms with E-state index in [0.29, 0.717) is 12.5 Å². The number of hydrogen-bond donors (Lipinski definition) is 1. The molecule has 0 fully saturated rings. The van der Waals surface area contributed by atoms with E-state index in [-0.39, 0.29) is 0 Å². The molecule has 0 aliphatic rings. The first kappa shape index (κ1) is 10.8. The number of anilines is 1. The Kier molecular flexibility index (Phi) is 2.33. The maximum atomic E-state index is 5.99. The summed E-state index contributed by atoms with van der Waals surface area (Å²) < 4.78 is 3.78. The van der Waals surface area contributed by atoms with E-state index in [4.69, 9.17) is 5.73 Å². The summed E-state index contributed by atoms with van der Waals surface area (Å²) in [6.45, 7) is 2.69. The van der Waals surface area contributed by atoms with E-state index in [1.165, 1.54) is 0 Å². The van der Waals surface area contributed by atoms with Crippen LogP contribution in [-0.4, -0.2) is 19.3 Å². The van der Waals surface area contributed by atoms with Crippen LogP contribution < -0.4 is 5.73 Å². The van der Waals surface area contributed by atoms with E-state index in [1.807, 2.05) is 49.0 Å². The molecule has 3 aromatic rings. The van der Waals surface area contributed by atoms with Crippen LogP contribution in [0.25, 0.3) is 11.0 Å². The second-order valence-corrected chi connectivity index (χ2v) is 4.48. The number of para-hydroxylation sites is 1. The molecule has 2 heterocycles. The monoisotopic (exact) mass is 241 g/mol. The molecule has 18 heavy (non-hydrogen) atoms. The Morgan fingerprint density at radius 2 is 2.11 bits per heavy atom. The minimum atomic E-state index is 0.532.